The van der Waals surface area contributed by atoms with Crippen molar-refractivity contribution >= 4 is 0 Å². The summed E-state index contributed by atoms with van der Waals surface area (Å²) in [5.74, 6) is -7.26. The van der Waals surface area contributed by atoms with Gasteiger partial charge in [-0.25, -0.2) is 8.78 Å². The summed E-state index contributed by atoms with van der Waals surface area (Å²) in [5.41, 5.74) is -2.18. The molecular formula is C7H4F4N2. The molecule has 0 aromatic rings. The average molecular weight is 192 g/mol. The van der Waals surface area contributed by atoms with Gasteiger partial charge in [0.05, 0.1) is 6.07 Å². The molecule has 1 N–H and O–H groups in total. The van der Waals surface area contributed by atoms with E-state index in [9.17, 15) is 17.6 Å². The van der Waals surface area contributed by atoms with Gasteiger partial charge in [0.1, 0.15) is 0 Å². The first-order valence-corrected chi connectivity index (χ1v) is 3.23. The lowest BCUT2D eigenvalue weighted by Crippen LogP contribution is -2.43. The number of nitrogens with zero attached hydrogens (tertiary/aromatic N) is 1. The van der Waals surface area contributed by atoms with Gasteiger partial charge in [0.15, 0.2) is 17.2 Å². The standard InChI is InChI=1S/C7H4F4N2/c1-7(2-12)5(10)3(8)4(9)6(11)13-7/h13H,1H3. The maximum atomic E-state index is 12.8. The highest BCUT2D eigenvalue weighted by atomic mass is 19.2. The molecule has 6 heteroatoms. The van der Waals surface area contributed by atoms with Gasteiger partial charge >= 0.3 is 0 Å². The summed E-state index contributed by atoms with van der Waals surface area (Å²) in [5, 5.41) is 9.95. The van der Waals surface area contributed by atoms with E-state index < -0.39 is 29.0 Å². The zero-order valence-corrected chi connectivity index (χ0v) is 6.46. The third-order valence-electron chi connectivity index (χ3n) is 1.60. The number of allylic oxidation sites excluding steroid dienone is 2. The summed E-state index contributed by atoms with van der Waals surface area (Å²) < 4.78 is 50.2. The van der Waals surface area contributed by atoms with Crippen LogP contribution in [0.2, 0.25) is 0 Å². The Morgan fingerprint density at radius 3 is 2.23 bits per heavy atom. The molecule has 70 valence electrons. The Bertz CT molecular complexity index is 352. The van der Waals surface area contributed by atoms with Crippen molar-refractivity contribution < 1.29 is 17.6 Å². The molecule has 0 aliphatic carbocycles. The maximum Gasteiger partial charge on any atom is 0.227 e. The van der Waals surface area contributed by atoms with Gasteiger partial charge < -0.3 is 5.32 Å². The molecule has 0 bridgehead atoms. The second-order valence-corrected chi connectivity index (χ2v) is 2.62. The lowest BCUT2D eigenvalue weighted by Gasteiger charge is -2.24. The molecule has 0 aromatic heterocycles. The fourth-order valence-electron chi connectivity index (χ4n) is 0.818. The summed E-state index contributed by atoms with van der Waals surface area (Å²) in [6.07, 6.45) is 0. The monoisotopic (exact) mass is 192 g/mol. The predicted octanol–water partition coefficient (Wildman–Crippen LogP) is 2.13. The van der Waals surface area contributed by atoms with Crippen LogP contribution in [-0.2, 0) is 0 Å². The molecule has 0 radical (unpaired) electrons. The van der Waals surface area contributed by atoms with Gasteiger partial charge in [-0.2, -0.15) is 14.0 Å². The molecule has 1 unspecified atom stereocenters. The van der Waals surface area contributed by atoms with Crippen LogP contribution in [0.3, 0.4) is 0 Å². The zero-order valence-electron chi connectivity index (χ0n) is 6.46. The summed E-state index contributed by atoms with van der Waals surface area (Å²) >= 11 is 0. The lowest BCUT2D eigenvalue weighted by molar-refractivity contribution is 0.328. The summed E-state index contributed by atoms with van der Waals surface area (Å²) in [7, 11) is 0. The first-order valence-electron chi connectivity index (χ1n) is 3.23. The van der Waals surface area contributed by atoms with Crippen LogP contribution in [0.5, 0.6) is 0 Å². The fraction of sp³-hybridized carbons (Fsp3) is 0.286. The van der Waals surface area contributed by atoms with Crippen molar-refractivity contribution in [3.63, 3.8) is 0 Å². The average Bonchev–Trinajstić information content (AvgIpc) is 2.12. The van der Waals surface area contributed by atoms with E-state index >= 15 is 0 Å². The van der Waals surface area contributed by atoms with E-state index in [1.165, 1.54) is 6.07 Å². The number of hydrogen-bond donors (Lipinski definition) is 1. The molecule has 1 heterocycles. The van der Waals surface area contributed by atoms with E-state index in [1.807, 2.05) is 0 Å². The van der Waals surface area contributed by atoms with Crippen LogP contribution in [-0.4, -0.2) is 5.54 Å². The van der Waals surface area contributed by atoms with Crippen LogP contribution in [0.1, 0.15) is 6.92 Å². The van der Waals surface area contributed by atoms with Crippen LogP contribution in [0, 0.1) is 11.3 Å². The Morgan fingerprint density at radius 2 is 1.77 bits per heavy atom. The van der Waals surface area contributed by atoms with E-state index in [-0.39, 0.29) is 0 Å². The largest absolute Gasteiger partial charge is 0.336 e. The van der Waals surface area contributed by atoms with Crippen molar-refractivity contribution in [3.05, 3.63) is 23.4 Å². The second kappa shape index (κ2) is 2.76. The van der Waals surface area contributed by atoms with Crippen molar-refractivity contribution in [3.8, 4) is 6.07 Å². The van der Waals surface area contributed by atoms with E-state index in [0.717, 1.165) is 6.92 Å². The SMILES string of the molecule is CC1(C#N)NC(F)=C(F)C(F)=C1F. The Labute approximate surface area is 71.1 Å². The number of nitriles is 1. The molecule has 0 spiro atoms. The highest BCUT2D eigenvalue weighted by molar-refractivity contribution is 5.39. The third kappa shape index (κ3) is 1.26. The molecule has 1 atom stereocenters. The molecule has 1 rings (SSSR count). The van der Waals surface area contributed by atoms with Gasteiger partial charge in [-0.15, -0.1) is 0 Å². The van der Waals surface area contributed by atoms with Crippen LogP contribution in [0.15, 0.2) is 23.4 Å². The molecule has 0 fully saturated rings. The second-order valence-electron chi connectivity index (χ2n) is 2.62. The van der Waals surface area contributed by atoms with Crippen LogP contribution in [0.25, 0.3) is 0 Å². The minimum absolute atomic E-state index is 0.897. The lowest BCUT2D eigenvalue weighted by atomic mass is 9.99. The number of halogens is 4. The molecule has 0 aromatic carbocycles. The molecule has 0 saturated carbocycles. The quantitative estimate of drug-likeness (QED) is 0.471. The normalized spacial score (nSPS) is 28.6. The Kier molecular flexibility index (Phi) is 2.04. The molecule has 13 heavy (non-hydrogen) atoms. The Morgan fingerprint density at radius 1 is 1.23 bits per heavy atom. The van der Waals surface area contributed by atoms with Gasteiger partial charge in [-0.1, -0.05) is 0 Å². The fourth-order valence-corrected chi connectivity index (χ4v) is 0.818. The van der Waals surface area contributed by atoms with Crippen LogP contribution < -0.4 is 5.32 Å². The molecule has 1 aliphatic rings. The number of rotatable bonds is 0. The number of hydrogen-bond acceptors (Lipinski definition) is 2. The molecule has 0 amide bonds. The first kappa shape index (κ1) is 9.58. The number of dihydropyridines is 1. The summed E-state index contributed by atoms with van der Waals surface area (Å²) in [6.45, 7) is 0.897. The smallest absolute Gasteiger partial charge is 0.227 e. The summed E-state index contributed by atoms with van der Waals surface area (Å²) in [6, 6.07) is 1.29. The van der Waals surface area contributed by atoms with Crippen LogP contribution >= 0.6 is 0 Å². The van der Waals surface area contributed by atoms with E-state index in [2.05, 4.69) is 0 Å². The molecule has 1 aliphatic heterocycles. The van der Waals surface area contributed by atoms with Gasteiger partial charge in [0.2, 0.25) is 11.8 Å². The predicted molar refractivity (Wildman–Crippen MR) is 35.6 cm³/mol. The topological polar surface area (TPSA) is 35.8 Å². The first-order chi connectivity index (χ1) is 5.92. The third-order valence-corrected chi connectivity index (χ3v) is 1.60. The Balaban J connectivity index is 3.29. The van der Waals surface area contributed by atoms with E-state index in [0.29, 0.717) is 0 Å². The van der Waals surface area contributed by atoms with Gasteiger partial charge in [0, 0.05) is 0 Å². The van der Waals surface area contributed by atoms with Crippen molar-refractivity contribution in [1.82, 2.24) is 5.32 Å². The molecular weight excluding hydrogens is 188 g/mol. The van der Waals surface area contributed by atoms with Crippen molar-refractivity contribution in [2.75, 3.05) is 0 Å². The molecule has 2 nitrogen and oxygen atoms in total. The van der Waals surface area contributed by atoms with Crippen molar-refractivity contribution in [2.45, 2.75) is 12.5 Å². The minimum Gasteiger partial charge on any atom is -0.336 e. The number of nitrogens with one attached hydrogen (secondary N) is 1. The van der Waals surface area contributed by atoms with Gasteiger partial charge in [-0.05, 0) is 6.92 Å². The maximum absolute atomic E-state index is 12.8. The van der Waals surface area contributed by atoms with Crippen molar-refractivity contribution in [2.24, 2.45) is 0 Å². The molecule has 0 saturated heterocycles. The zero-order chi connectivity index (χ0) is 10.2. The van der Waals surface area contributed by atoms with Crippen molar-refractivity contribution in [1.29, 1.82) is 5.26 Å². The minimum atomic E-state index is -2.18. The van der Waals surface area contributed by atoms with E-state index in [1.54, 1.807) is 5.32 Å². The highest BCUT2D eigenvalue weighted by Gasteiger charge is 2.40. The Hall–Kier alpha value is -1.51. The van der Waals surface area contributed by atoms with Gasteiger partial charge in [0.25, 0.3) is 0 Å². The highest BCUT2D eigenvalue weighted by Crippen LogP contribution is 2.34. The summed E-state index contributed by atoms with van der Waals surface area (Å²) in [4.78, 5) is 0. The van der Waals surface area contributed by atoms with E-state index in [4.69, 9.17) is 5.26 Å². The van der Waals surface area contributed by atoms with Gasteiger partial charge in [-0.3, -0.25) is 0 Å². The van der Waals surface area contributed by atoms with Crippen LogP contribution in [0.4, 0.5) is 17.6 Å².